The molecule has 2 heterocycles. The van der Waals surface area contributed by atoms with Gasteiger partial charge in [-0.2, -0.15) is 0 Å². The number of benzene rings is 1. The first kappa shape index (κ1) is 13.1. The Morgan fingerprint density at radius 3 is 3.00 bits per heavy atom. The van der Waals surface area contributed by atoms with Crippen molar-refractivity contribution in [2.75, 3.05) is 19.8 Å². The number of aromatic carboxylic acids is 1. The van der Waals surface area contributed by atoms with Crippen LogP contribution in [-0.4, -0.2) is 30.8 Å². The number of hydrogen-bond donors (Lipinski definition) is 2. The summed E-state index contributed by atoms with van der Waals surface area (Å²) >= 11 is 0. The standard InChI is InChI=1S/C15H17NO4/c17-15(18)14-11-3-1-2-4-12(11)20-13(14)8-16-7-10-5-6-19-9-10/h1-4,10,16H,5-9H2,(H,17,18). The van der Waals surface area contributed by atoms with Gasteiger partial charge < -0.3 is 19.6 Å². The Kier molecular flexibility index (Phi) is 3.71. The lowest BCUT2D eigenvalue weighted by molar-refractivity contribution is 0.0696. The number of nitrogens with one attached hydrogen (secondary N) is 1. The van der Waals surface area contributed by atoms with Gasteiger partial charge in [-0.3, -0.25) is 0 Å². The molecule has 1 fully saturated rings. The van der Waals surface area contributed by atoms with Crippen LogP contribution in [0.2, 0.25) is 0 Å². The van der Waals surface area contributed by atoms with E-state index in [2.05, 4.69) is 5.32 Å². The van der Waals surface area contributed by atoms with Crippen LogP contribution >= 0.6 is 0 Å². The molecule has 0 bridgehead atoms. The lowest BCUT2D eigenvalue weighted by atomic mass is 10.1. The molecule has 1 aromatic heterocycles. The fourth-order valence-corrected chi connectivity index (χ4v) is 2.59. The molecule has 0 saturated carbocycles. The molecule has 0 spiro atoms. The van der Waals surface area contributed by atoms with Crippen LogP contribution in [0, 0.1) is 5.92 Å². The van der Waals surface area contributed by atoms with Gasteiger partial charge in [0.25, 0.3) is 0 Å². The van der Waals surface area contributed by atoms with Gasteiger partial charge in [0.15, 0.2) is 0 Å². The highest BCUT2D eigenvalue weighted by Crippen LogP contribution is 2.25. The van der Waals surface area contributed by atoms with Gasteiger partial charge in [0.1, 0.15) is 16.9 Å². The number of rotatable bonds is 5. The van der Waals surface area contributed by atoms with Crippen molar-refractivity contribution in [1.82, 2.24) is 5.32 Å². The van der Waals surface area contributed by atoms with Crippen LogP contribution in [0.15, 0.2) is 28.7 Å². The predicted molar refractivity (Wildman–Crippen MR) is 73.8 cm³/mol. The van der Waals surface area contributed by atoms with E-state index < -0.39 is 5.97 Å². The van der Waals surface area contributed by atoms with Crippen molar-refractivity contribution >= 4 is 16.9 Å². The van der Waals surface area contributed by atoms with Gasteiger partial charge in [0.2, 0.25) is 0 Å². The lowest BCUT2D eigenvalue weighted by Gasteiger charge is -2.08. The van der Waals surface area contributed by atoms with Crippen LogP contribution in [0.4, 0.5) is 0 Å². The first-order valence-electron chi connectivity index (χ1n) is 6.78. The minimum atomic E-state index is -0.948. The second-order valence-corrected chi connectivity index (χ2v) is 5.06. The second kappa shape index (κ2) is 5.64. The number of carboxylic acids is 1. The van der Waals surface area contributed by atoms with Crippen LogP contribution in [0.25, 0.3) is 11.0 Å². The number of hydrogen-bond acceptors (Lipinski definition) is 4. The molecule has 0 radical (unpaired) electrons. The van der Waals surface area contributed by atoms with Crippen LogP contribution in [-0.2, 0) is 11.3 Å². The number of furan rings is 1. The molecular formula is C15H17NO4. The van der Waals surface area contributed by atoms with Gasteiger partial charge in [0.05, 0.1) is 13.2 Å². The molecule has 2 N–H and O–H groups in total. The van der Waals surface area contributed by atoms with E-state index >= 15 is 0 Å². The average Bonchev–Trinajstić information content (AvgIpc) is 3.05. The summed E-state index contributed by atoms with van der Waals surface area (Å²) in [4.78, 5) is 11.4. The SMILES string of the molecule is O=C(O)c1c(CNCC2CCOC2)oc2ccccc12. The van der Waals surface area contributed by atoms with Gasteiger partial charge in [-0.1, -0.05) is 18.2 Å². The Bertz CT molecular complexity index is 613. The molecule has 1 aliphatic heterocycles. The summed E-state index contributed by atoms with van der Waals surface area (Å²) in [5.74, 6) is 0.0428. The monoisotopic (exact) mass is 275 g/mol. The fourth-order valence-electron chi connectivity index (χ4n) is 2.59. The highest BCUT2D eigenvalue weighted by Gasteiger charge is 2.20. The minimum absolute atomic E-state index is 0.260. The van der Waals surface area contributed by atoms with Crippen molar-refractivity contribution in [1.29, 1.82) is 0 Å². The first-order chi connectivity index (χ1) is 9.75. The van der Waals surface area contributed by atoms with Gasteiger partial charge in [-0.25, -0.2) is 4.79 Å². The molecule has 2 aromatic rings. The molecule has 1 atom stereocenters. The lowest BCUT2D eigenvalue weighted by Crippen LogP contribution is -2.23. The van der Waals surface area contributed by atoms with Crippen molar-refractivity contribution in [2.45, 2.75) is 13.0 Å². The third kappa shape index (κ3) is 2.55. The zero-order chi connectivity index (χ0) is 13.9. The summed E-state index contributed by atoms with van der Waals surface area (Å²) < 4.78 is 11.0. The molecular weight excluding hydrogens is 258 g/mol. The average molecular weight is 275 g/mol. The molecule has 1 aromatic carbocycles. The second-order valence-electron chi connectivity index (χ2n) is 5.06. The van der Waals surface area contributed by atoms with E-state index in [-0.39, 0.29) is 5.56 Å². The number of para-hydroxylation sites is 1. The molecule has 5 nitrogen and oxygen atoms in total. The minimum Gasteiger partial charge on any atom is -0.478 e. The van der Waals surface area contributed by atoms with E-state index in [9.17, 15) is 9.90 Å². The van der Waals surface area contributed by atoms with E-state index in [4.69, 9.17) is 9.15 Å². The molecule has 1 saturated heterocycles. The number of carboxylic acid groups (broad SMARTS) is 1. The van der Waals surface area contributed by atoms with Crippen LogP contribution in [0.1, 0.15) is 22.5 Å². The molecule has 106 valence electrons. The molecule has 5 heteroatoms. The molecule has 1 aliphatic rings. The Balaban J connectivity index is 1.76. The van der Waals surface area contributed by atoms with Crippen LogP contribution < -0.4 is 5.32 Å². The Hall–Kier alpha value is -1.85. The van der Waals surface area contributed by atoms with Crippen molar-refractivity contribution in [3.8, 4) is 0 Å². The van der Waals surface area contributed by atoms with Crippen molar-refractivity contribution in [2.24, 2.45) is 5.92 Å². The maximum Gasteiger partial charge on any atom is 0.339 e. The van der Waals surface area contributed by atoms with E-state index in [0.29, 0.717) is 29.2 Å². The smallest absolute Gasteiger partial charge is 0.339 e. The van der Waals surface area contributed by atoms with Crippen molar-refractivity contribution < 1.29 is 19.1 Å². The Labute approximate surface area is 116 Å². The zero-order valence-electron chi connectivity index (χ0n) is 11.1. The molecule has 0 aliphatic carbocycles. The number of fused-ring (bicyclic) bond motifs is 1. The third-order valence-corrected chi connectivity index (χ3v) is 3.62. The molecule has 20 heavy (non-hydrogen) atoms. The largest absolute Gasteiger partial charge is 0.478 e. The number of ether oxygens (including phenoxy) is 1. The Morgan fingerprint density at radius 2 is 2.25 bits per heavy atom. The summed E-state index contributed by atoms with van der Waals surface area (Å²) in [7, 11) is 0. The van der Waals surface area contributed by atoms with E-state index in [0.717, 1.165) is 26.2 Å². The normalized spacial score (nSPS) is 18.7. The molecule has 3 rings (SSSR count). The van der Waals surface area contributed by atoms with Crippen molar-refractivity contribution in [3.63, 3.8) is 0 Å². The van der Waals surface area contributed by atoms with Crippen LogP contribution in [0.5, 0.6) is 0 Å². The summed E-state index contributed by atoms with van der Waals surface area (Å²) in [6, 6.07) is 7.22. The molecule has 0 amide bonds. The molecule has 1 unspecified atom stereocenters. The topological polar surface area (TPSA) is 71.7 Å². The summed E-state index contributed by atoms with van der Waals surface area (Å²) in [5, 5.41) is 13.3. The van der Waals surface area contributed by atoms with E-state index in [1.807, 2.05) is 12.1 Å². The maximum absolute atomic E-state index is 11.4. The van der Waals surface area contributed by atoms with E-state index in [1.165, 1.54) is 0 Å². The van der Waals surface area contributed by atoms with Gasteiger partial charge in [0, 0.05) is 18.5 Å². The van der Waals surface area contributed by atoms with Gasteiger partial charge in [-0.15, -0.1) is 0 Å². The van der Waals surface area contributed by atoms with Gasteiger partial charge in [-0.05, 0) is 18.4 Å². The quantitative estimate of drug-likeness (QED) is 0.875. The van der Waals surface area contributed by atoms with Crippen LogP contribution in [0.3, 0.4) is 0 Å². The zero-order valence-corrected chi connectivity index (χ0v) is 11.1. The summed E-state index contributed by atoms with van der Waals surface area (Å²) in [6.45, 7) is 2.83. The first-order valence-corrected chi connectivity index (χ1v) is 6.78. The number of carbonyl (C=O) groups is 1. The highest BCUT2D eigenvalue weighted by molar-refractivity contribution is 6.03. The fraction of sp³-hybridized carbons (Fsp3) is 0.400. The van der Waals surface area contributed by atoms with Crippen molar-refractivity contribution in [3.05, 3.63) is 35.6 Å². The maximum atomic E-state index is 11.4. The Morgan fingerprint density at radius 1 is 1.40 bits per heavy atom. The van der Waals surface area contributed by atoms with E-state index in [1.54, 1.807) is 12.1 Å². The summed E-state index contributed by atoms with van der Waals surface area (Å²) in [6.07, 6.45) is 1.05. The predicted octanol–water partition coefficient (Wildman–Crippen LogP) is 2.26. The summed E-state index contributed by atoms with van der Waals surface area (Å²) in [5.41, 5.74) is 0.877. The third-order valence-electron chi connectivity index (χ3n) is 3.62. The highest BCUT2D eigenvalue weighted by atomic mass is 16.5. The van der Waals surface area contributed by atoms with Gasteiger partial charge >= 0.3 is 5.97 Å².